The Hall–Kier alpha value is 0.0700. The van der Waals surface area contributed by atoms with E-state index in [0.717, 1.165) is 21.4 Å². The zero-order valence-electron chi connectivity index (χ0n) is 7.93. The molecule has 0 amide bonds. The SMILES string of the molecule is CNCC1CC1c1c(Br)cncc1Br. The monoisotopic (exact) mass is 318 g/mol. The molecular formula is C10H12Br2N2. The number of nitrogens with zero attached hydrogens (tertiary/aromatic N) is 1. The summed E-state index contributed by atoms with van der Waals surface area (Å²) in [7, 11) is 2.01. The number of halogens is 2. The number of aromatic nitrogens is 1. The van der Waals surface area contributed by atoms with E-state index < -0.39 is 0 Å². The van der Waals surface area contributed by atoms with Gasteiger partial charge in [-0.05, 0) is 69.3 Å². The molecule has 0 radical (unpaired) electrons. The van der Waals surface area contributed by atoms with Crippen LogP contribution in [0.5, 0.6) is 0 Å². The van der Waals surface area contributed by atoms with Crippen molar-refractivity contribution in [3.05, 3.63) is 26.9 Å². The summed E-state index contributed by atoms with van der Waals surface area (Å²) in [5, 5.41) is 3.22. The molecule has 0 bridgehead atoms. The number of pyridine rings is 1. The predicted octanol–water partition coefficient (Wildman–Crippen LogP) is 2.93. The third-order valence-corrected chi connectivity index (χ3v) is 3.91. The standard InChI is InChI=1S/C10H12Br2N2/c1-13-3-6-2-7(6)10-8(11)4-14-5-9(10)12/h4-7,13H,2-3H2,1H3. The molecule has 1 aromatic heterocycles. The van der Waals surface area contributed by atoms with Gasteiger partial charge >= 0.3 is 0 Å². The molecule has 1 aliphatic carbocycles. The summed E-state index contributed by atoms with van der Waals surface area (Å²) < 4.78 is 2.24. The lowest BCUT2D eigenvalue weighted by Gasteiger charge is -2.05. The summed E-state index contributed by atoms with van der Waals surface area (Å²) >= 11 is 7.11. The fraction of sp³-hybridized carbons (Fsp3) is 0.500. The van der Waals surface area contributed by atoms with Crippen molar-refractivity contribution in [3.8, 4) is 0 Å². The lowest BCUT2D eigenvalue weighted by atomic mass is 10.1. The van der Waals surface area contributed by atoms with Crippen molar-refractivity contribution in [2.75, 3.05) is 13.6 Å². The second kappa shape index (κ2) is 4.29. The lowest BCUT2D eigenvalue weighted by molar-refractivity contribution is 0.696. The van der Waals surface area contributed by atoms with E-state index in [4.69, 9.17) is 0 Å². The first-order chi connectivity index (χ1) is 6.74. The van der Waals surface area contributed by atoms with Crippen molar-refractivity contribution in [1.82, 2.24) is 10.3 Å². The van der Waals surface area contributed by atoms with Crippen molar-refractivity contribution in [2.45, 2.75) is 12.3 Å². The van der Waals surface area contributed by atoms with Gasteiger partial charge in [0.2, 0.25) is 0 Å². The molecule has 76 valence electrons. The largest absolute Gasteiger partial charge is 0.319 e. The van der Waals surface area contributed by atoms with Gasteiger partial charge in [-0.2, -0.15) is 0 Å². The van der Waals surface area contributed by atoms with Gasteiger partial charge in [-0.3, -0.25) is 4.98 Å². The van der Waals surface area contributed by atoms with Crippen LogP contribution in [0.1, 0.15) is 17.9 Å². The molecule has 2 unspecified atom stereocenters. The fourth-order valence-corrected chi connectivity index (χ4v) is 3.38. The van der Waals surface area contributed by atoms with Crippen LogP contribution in [0.25, 0.3) is 0 Å². The van der Waals surface area contributed by atoms with Gasteiger partial charge < -0.3 is 5.32 Å². The molecule has 1 N–H and O–H groups in total. The van der Waals surface area contributed by atoms with Crippen LogP contribution in [0, 0.1) is 5.92 Å². The molecule has 0 aromatic carbocycles. The first kappa shape index (κ1) is 10.6. The number of hydrogen-bond acceptors (Lipinski definition) is 2. The Balaban J connectivity index is 2.18. The molecule has 2 nitrogen and oxygen atoms in total. The van der Waals surface area contributed by atoms with Crippen LogP contribution in [-0.2, 0) is 0 Å². The van der Waals surface area contributed by atoms with E-state index in [1.165, 1.54) is 12.0 Å². The third-order valence-electron chi connectivity index (χ3n) is 2.65. The van der Waals surface area contributed by atoms with Gasteiger partial charge in [0.05, 0.1) is 0 Å². The van der Waals surface area contributed by atoms with Gasteiger partial charge in [0, 0.05) is 21.3 Å². The Bertz CT molecular complexity index is 321. The highest BCUT2D eigenvalue weighted by Crippen LogP contribution is 2.51. The van der Waals surface area contributed by atoms with Crippen LogP contribution in [0.2, 0.25) is 0 Å². The Morgan fingerprint density at radius 1 is 1.43 bits per heavy atom. The maximum absolute atomic E-state index is 4.12. The molecule has 0 saturated heterocycles. The normalized spacial score (nSPS) is 25.1. The molecule has 0 aliphatic heterocycles. The highest BCUT2D eigenvalue weighted by molar-refractivity contribution is 9.11. The fourth-order valence-electron chi connectivity index (χ4n) is 1.86. The van der Waals surface area contributed by atoms with E-state index in [2.05, 4.69) is 42.2 Å². The molecule has 1 aliphatic rings. The maximum Gasteiger partial charge on any atom is 0.0413 e. The van der Waals surface area contributed by atoms with E-state index in [0.29, 0.717) is 5.92 Å². The Kier molecular flexibility index (Phi) is 3.24. The van der Waals surface area contributed by atoms with Crippen LogP contribution in [0.4, 0.5) is 0 Å². The smallest absolute Gasteiger partial charge is 0.0413 e. The van der Waals surface area contributed by atoms with Crippen LogP contribution < -0.4 is 5.32 Å². The van der Waals surface area contributed by atoms with Crippen LogP contribution >= 0.6 is 31.9 Å². The zero-order chi connectivity index (χ0) is 10.1. The predicted molar refractivity (Wildman–Crippen MR) is 64.4 cm³/mol. The topological polar surface area (TPSA) is 24.9 Å². The lowest BCUT2D eigenvalue weighted by Crippen LogP contribution is -2.10. The maximum atomic E-state index is 4.12. The second-order valence-corrected chi connectivity index (χ2v) is 5.39. The van der Waals surface area contributed by atoms with E-state index in [1.807, 2.05) is 19.4 Å². The van der Waals surface area contributed by atoms with E-state index >= 15 is 0 Å². The Morgan fingerprint density at radius 2 is 2.07 bits per heavy atom. The van der Waals surface area contributed by atoms with Gasteiger partial charge in [0.15, 0.2) is 0 Å². The summed E-state index contributed by atoms with van der Waals surface area (Å²) in [5.41, 5.74) is 1.38. The van der Waals surface area contributed by atoms with Crippen LogP contribution in [-0.4, -0.2) is 18.6 Å². The number of nitrogens with one attached hydrogen (secondary N) is 1. The first-order valence-corrected chi connectivity index (χ1v) is 6.26. The van der Waals surface area contributed by atoms with Gasteiger partial charge in [0.25, 0.3) is 0 Å². The minimum absolute atomic E-state index is 0.689. The van der Waals surface area contributed by atoms with Crippen molar-refractivity contribution >= 4 is 31.9 Å². The van der Waals surface area contributed by atoms with Crippen LogP contribution in [0.3, 0.4) is 0 Å². The van der Waals surface area contributed by atoms with Gasteiger partial charge in [-0.1, -0.05) is 0 Å². The number of hydrogen-bond donors (Lipinski definition) is 1. The average molecular weight is 320 g/mol. The summed E-state index contributed by atoms with van der Waals surface area (Å²) in [6, 6.07) is 0. The zero-order valence-corrected chi connectivity index (χ0v) is 11.1. The van der Waals surface area contributed by atoms with Crippen molar-refractivity contribution < 1.29 is 0 Å². The summed E-state index contributed by atoms with van der Waals surface area (Å²) in [6.07, 6.45) is 5.02. The molecule has 1 saturated carbocycles. The molecule has 1 heterocycles. The van der Waals surface area contributed by atoms with Crippen molar-refractivity contribution in [2.24, 2.45) is 5.92 Å². The Morgan fingerprint density at radius 3 is 2.64 bits per heavy atom. The van der Waals surface area contributed by atoms with E-state index in [9.17, 15) is 0 Å². The quantitative estimate of drug-likeness (QED) is 0.926. The van der Waals surface area contributed by atoms with E-state index in [1.54, 1.807) is 0 Å². The first-order valence-electron chi connectivity index (χ1n) is 4.67. The molecule has 2 rings (SSSR count). The Labute approximate surface area is 101 Å². The van der Waals surface area contributed by atoms with Crippen molar-refractivity contribution in [1.29, 1.82) is 0 Å². The average Bonchev–Trinajstić information content (AvgIpc) is 2.85. The highest BCUT2D eigenvalue weighted by atomic mass is 79.9. The second-order valence-electron chi connectivity index (χ2n) is 3.68. The molecule has 1 aromatic rings. The third kappa shape index (κ3) is 2.02. The van der Waals surface area contributed by atoms with Crippen LogP contribution in [0.15, 0.2) is 21.3 Å². The van der Waals surface area contributed by atoms with Gasteiger partial charge in [0.1, 0.15) is 0 Å². The van der Waals surface area contributed by atoms with E-state index in [-0.39, 0.29) is 0 Å². The molecule has 2 atom stereocenters. The summed E-state index contributed by atoms with van der Waals surface area (Å²) in [5.74, 6) is 1.48. The molecule has 14 heavy (non-hydrogen) atoms. The summed E-state index contributed by atoms with van der Waals surface area (Å²) in [6.45, 7) is 1.10. The number of rotatable bonds is 3. The minimum Gasteiger partial charge on any atom is -0.319 e. The molecule has 4 heteroatoms. The van der Waals surface area contributed by atoms with Crippen molar-refractivity contribution in [3.63, 3.8) is 0 Å². The summed E-state index contributed by atoms with van der Waals surface area (Å²) in [4.78, 5) is 4.12. The minimum atomic E-state index is 0.689. The van der Waals surface area contributed by atoms with Gasteiger partial charge in [-0.25, -0.2) is 0 Å². The molecule has 1 fully saturated rings. The molecule has 0 spiro atoms. The van der Waals surface area contributed by atoms with Gasteiger partial charge in [-0.15, -0.1) is 0 Å². The molecular weight excluding hydrogens is 308 g/mol. The highest BCUT2D eigenvalue weighted by Gasteiger charge is 2.39.